The lowest BCUT2D eigenvalue weighted by Crippen LogP contribution is -2.48. The van der Waals surface area contributed by atoms with Gasteiger partial charge >= 0.3 is 0 Å². The van der Waals surface area contributed by atoms with Crippen molar-refractivity contribution >= 4 is 22.6 Å². The van der Waals surface area contributed by atoms with E-state index in [2.05, 4.69) is 24.7 Å². The van der Waals surface area contributed by atoms with Crippen LogP contribution in [0.1, 0.15) is 37.8 Å². The number of aryl methyl sites for hydroxylation is 1. The molecule has 0 fully saturated rings. The lowest BCUT2D eigenvalue weighted by atomic mass is 10.0. The summed E-state index contributed by atoms with van der Waals surface area (Å²) in [5.74, 6) is 0.607. The normalized spacial score (nSPS) is 11.8. The summed E-state index contributed by atoms with van der Waals surface area (Å²) in [6, 6.07) is 19.4. The number of rotatable bonds is 7. The van der Waals surface area contributed by atoms with Gasteiger partial charge in [-0.3, -0.25) is 20.4 Å². The quantitative estimate of drug-likeness (QED) is 0.560. The minimum absolute atomic E-state index is 0.205. The van der Waals surface area contributed by atoms with Crippen LogP contribution >= 0.6 is 0 Å². The third kappa shape index (κ3) is 5.98. The summed E-state index contributed by atoms with van der Waals surface area (Å²) in [7, 11) is 0. The molecule has 31 heavy (non-hydrogen) atoms. The Labute approximate surface area is 182 Å². The number of ether oxygens (including phenoxy) is 2. The highest BCUT2D eigenvalue weighted by Gasteiger charge is 2.16. The maximum Gasteiger partial charge on any atom is 0.279 e. The molecule has 0 radical (unpaired) electrons. The molecule has 6 heteroatoms. The summed E-state index contributed by atoms with van der Waals surface area (Å²) >= 11 is 0. The zero-order valence-corrected chi connectivity index (χ0v) is 18.3. The first-order valence-corrected chi connectivity index (χ1v) is 10.3. The van der Waals surface area contributed by atoms with Gasteiger partial charge in [0.15, 0.2) is 12.7 Å². The SMILES string of the molecule is Cc1ccc(C(C)C)c(OCC(=O)NNC(=O)[C@H](C)Oc2ccc3ccccc3c2)c1. The number of carbonyl (C=O) groups is 2. The third-order valence-electron chi connectivity index (χ3n) is 4.88. The molecule has 0 bridgehead atoms. The molecule has 2 N–H and O–H groups in total. The summed E-state index contributed by atoms with van der Waals surface area (Å²) < 4.78 is 11.4. The number of carbonyl (C=O) groups excluding carboxylic acids is 2. The number of hydrogen-bond donors (Lipinski definition) is 2. The monoisotopic (exact) mass is 420 g/mol. The predicted octanol–water partition coefficient (Wildman–Crippen LogP) is 4.27. The number of hydrazine groups is 1. The van der Waals surface area contributed by atoms with Crippen LogP contribution < -0.4 is 20.3 Å². The van der Waals surface area contributed by atoms with Crippen LogP contribution in [-0.4, -0.2) is 24.5 Å². The molecule has 0 aliphatic heterocycles. The van der Waals surface area contributed by atoms with Crippen LogP contribution in [0.3, 0.4) is 0 Å². The van der Waals surface area contributed by atoms with Crippen molar-refractivity contribution in [3.05, 3.63) is 71.8 Å². The van der Waals surface area contributed by atoms with Crippen LogP contribution in [0.4, 0.5) is 0 Å². The van der Waals surface area contributed by atoms with Gasteiger partial charge in [0.05, 0.1) is 0 Å². The number of nitrogens with one attached hydrogen (secondary N) is 2. The van der Waals surface area contributed by atoms with Crippen molar-refractivity contribution in [3.63, 3.8) is 0 Å². The van der Waals surface area contributed by atoms with E-state index in [1.54, 1.807) is 6.92 Å². The predicted molar refractivity (Wildman–Crippen MR) is 121 cm³/mol. The smallest absolute Gasteiger partial charge is 0.279 e. The molecule has 0 spiro atoms. The Bertz CT molecular complexity index is 1080. The van der Waals surface area contributed by atoms with Crippen LogP contribution in [0.2, 0.25) is 0 Å². The summed E-state index contributed by atoms with van der Waals surface area (Å²) in [4.78, 5) is 24.4. The van der Waals surface area contributed by atoms with Gasteiger partial charge in [0.25, 0.3) is 11.8 Å². The fraction of sp³-hybridized carbons (Fsp3) is 0.280. The first kappa shape index (κ1) is 22.2. The van der Waals surface area contributed by atoms with Crippen molar-refractivity contribution in [3.8, 4) is 11.5 Å². The molecule has 1 atom stereocenters. The van der Waals surface area contributed by atoms with Crippen molar-refractivity contribution in [2.45, 2.75) is 39.7 Å². The first-order valence-electron chi connectivity index (χ1n) is 10.3. The van der Waals surface area contributed by atoms with Crippen molar-refractivity contribution < 1.29 is 19.1 Å². The number of amides is 2. The summed E-state index contributed by atoms with van der Waals surface area (Å²) in [6.07, 6.45) is -0.785. The Morgan fingerprint density at radius 2 is 1.65 bits per heavy atom. The van der Waals surface area contributed by atoms with Gasteiger partial charge < -0.3 is 9.47 Å². The zero-order chi connectivity index (χ0) is 22.4. The fourth-order valence-corrected chi connectivity index (χ4v) is 3.15. The van der Waals surface area contributed by atoms with E-state index < -0.39 is 17.9 Å². The molecule has 3 aromatic rings. The maximum atomic E-state index is 12.3. The second-order valence-electron chi connectivity index (χ2n) is 7.79. The van der Waals surface area contributed by atoms with E-state index >= 15 is 0 Å². The summed E-state index contributed by atoms with van der Waals surface area (Å²) in [6.45, 7) is 7.51. The molecule has 162 valence electrons. The number of benzene rings is 3. The maximum absolute atomic E-state index is 12.3. The average Bonchev–Trinajstić information content (AvgIpc) is 2.75. The second kappa shape index (κ2) is 9.98. The van der Waals surface area contributed by atoms with Gasteiger partial charge in [-0.2, -0.15) is 0 Å². The Balaban J connectivity index is 1.49. The van der Waals surface area contributed by atoms with Crippen LogP contribution in [0.15, 0.2) is 60.7 Å². The minimum atomic E-state index is -0.785. The molecule has 2 amide bonds. The van der Waals surface area contributed by atoms with E-state index in [0.29, 0.717) is 11.5 Å². The van der Waals surface area contributed by atoms with Gasteiger partial charge in [0.2, 0.25) is 0 Å². The van der Waals surface area contributed by atoms with E-state index in [9.17, 15) is 9.59 Å². The summed E-state index contributed by atoms with van der Waals surface area (Å²) in [5.41, 5.74) is 6.83. The van der Waals surface area contributed by atoms with Crippen LogP contribution in [-0.2, 0) is 9.59 Å². The Morgan fingerprint density at radius 1 is 0.903 bits per heavy atom. The lowest BCUT2D eigenvalue weighted by Gasteiger charge is -2.17. The highest BCUT2D eigenvalue weighted by molar-refractivity contribution is 5.86. The van der Waals surface area contributed by atoms with Crippen molar-refractivity contribution in [2.24, 2.45) is 0 Å². The first-order chi connectivity index (χ1) is 14.8. The van der Waals surface area contributed by atoms with E-state index in [1.807, 2.05) is 67.6 Å². The van der Waals surface area contributed by atoms with Gasteiger partial charge in [-0.1, -0.05) is 56.3 Å². The highest BCUT2D eigenvalue weighted by Crippen LogP contribution is 2.27. The molecule has 0 saturated carbocycles. The minimum Gasteiger partial charge on any atom is -0.483 e. The molecule has 0 heterocycles. The van der Waals surface area contributed by atoms with Gasteiger partial charge in [-0.15, -0.1) is 0 Å². The van der Waals surface area contributed by atoms with Crippen molar-refractivity contribution in [1.82, 2.24) is 10.9 Å². The van der Waals surface area contributed by atoms with Gasteiger partial charge in [0, 0.05) is 0 Å². The van der Waals surface area contributed by atoms with Gasteiger partial charge in [0.1, 0.15) is 11.5 Å². The third-order valence-corrected chi connectivity index (χ3v) is 4.88. The van der Waals surface area contributed by atoms with E-state index in [4.69, 9.17) is 9.47 Å². The second-order valence-corrected chi connectivity index (χ2v) is 7.79. The molecule has 0 aromatic heterocycles. The molecule has 0 aliphatic rings. The highest BCUT2D eigenvalue weighted by atomic mass is 16.5. The van der Waals surface area contributed by atoms with E-state index in [0.717, 1.165) is 21.9 Å². The van der Waals surface area contributed by atoms with Crippen LogP contribution in [0.5, 0.6) is 11.5 Å². The molecular formula is C25H28N2O4. The topological polar surface area (TPSA) is 76.7 Å². The molecular weight excluding hydrogens is 392 g/mol. The van der Waals surface area contributed by atoms with Gasteiger partial charge in [-0.05, 0) is 59.9 Å². The largest absolute Gasteiger partial charge is 0.483 e. The summed E-state index contributed by atoms with van der Waals surface area (Å²) in [5, 5.41) is 2.11. The molecule has 3 rings (SSSR count). The van der Waals surface area contributed by atoms with Gasteiger partial charge in [-0.25, -0.2) is 0 Å². The number of fused-ring (bicyclic) bond motifs is 1. The molecule has 0 aliphatic carbocycles. The molecule has 6 nitrogen and oxygen atoms in total. The Morgan fingerprint density at radius 3 is 2.39 bits per heavy atom. The standard InChI is InChI=1S/C25H28N2O4/c1-16(2)22-12-9-17(3)13-23(22)30-15-24(28)26-27-25(29)18(4)31-21-11-10-19-7-5-6-8-20(19)14-21/h5-14,16,18H,15H2,1-4H3,(H,26,28)(H,27,29)/t18-/m0/s1. The molecule has 0 saturated heterocycles. The van der Waals surface area contributed by atoms with E-state index in [1.165, 1.54) is 0 Å². The Hall–Kier alpha value is -3.54. The van der Waals surface area contributed by atoms with E-state index in [-0.39, 0.29) is 12.5 Å². The number of hydrogen-bond acceptors (Lipinski definition) is 4. The molecule has 0 unspecified atom stereocenters. The fourth-order valence-electron chi connectivity index (χ4n) is 3.15. The van der Waals surface area contributed by atoms with Crippen LogP contribution in [0, 0.1) is 6.92 Å². The zero-order valence-electron chi connectivity index (χ0n) is 18.3. The van der Waals surface area contributed by atoms with Crippen molar-refractivity contribution in [1.29, 1.82) is 0 Å². The van der Waals surface area contributed by atoms with Crippen LogP contribution in [0.25, 0.3) is 10.8 Å². The average molecular weight is 421 g/mol. The lowest BCUT2D eigenvalue weighted by molar-refractivity contribution is -0.133. The Kier molecular flexibility index (Phi) is 7.13. The molecule has 3 aromatic carbocycles. The van der Waals surface area contributed by atoms with Crippen molar-refractivity contribution in [2.75, 3.05) is 6.61 Å².